The molecule has 0 aromatic rings. The summed E-state index contributed by atoms with van der Waals surface area (Å²) in [6.45, 7) is 1.90. The third-order valence-corrected chi connectivity index (χ3v) is 2.55. The summed E-state index contributed by atoms with van der Waals surface area (Å²) in [7, 11) is 1.44. The van der Waals surface area contributed by atoms with Crippen LogP contribution in [0, 0.1) is 5.92 Å². The highest BCUT2D eigenvalue weighted by Gasteiger charge is 2.12. The second-order valence-corrected chi connectivity index (χ2v) is 3.70. The van der Waals surface area contributed by atoms with Gasteiger partial charge in [0.05, 0.1) is 13.0 Å². The Morgan fingerprint density at radius 3 is 2.54 bits per heavy atom. The van der Waals surface area contributed by atoms with Crippen LogP contribution in [0.25, 0.3) is 0 Å². The molecule has 13 heavy (non-hydrogen) atoms. The SMILES string of the molecule is COC(=O)C(C)C=C1CCCCC1. The number of esters is 1. The van der Waals surface area contributed by atoms with Crippen molar-refractivity contribution in [2.75, 3.05) is 7.11 Å². The third kappa shape index (κ3) is 3.21. The molecular formula is C11H18O2. The molecule has 0 aromatic heterocycles. The van der Waals surface area contributed by atoms with Crippen LogP contribution in [0.5, 0.6) is 0 Å². The minimum Gasteiger partial charge on any atom is -0.469 e. The molecule has 0 bridgehead atoms. The first-order chi connectivity index (χ1) is 6.24. The molecule has 2 nitrogen and oxygen atoms in total. The molecule has 0 aromatic carbocycles. The van der Waals surface area contributed by atoms with Gasteiger partial charge in [-0.1, -0.05) is 18.1 Å². The van der Waals surface area contributed by atoms with Crippen molar-refractivity contribution in [1.29, 1.82) is 0 Å². The maximum Gasteiger partial charge on any atom is 0.312 e. The Hall–Kier alpha value is -0.790. The van der Waals surface area contributed by atoms with Gasteiger partial charge in [-0.15, -0.1) is 0 Å². The van der Waals surface area contributed by atoms with Crippen molar-refractivity contribution in [3.05, 3.63) is 11.6 Å². The molecule has 0 radical (unpaired) electrons. The number of carbonyl (C=O) groups is 1. The van der Waals surface area contributed by atoms with Gasteiger partial charge in [0.15, 0.2) is 0 Å². The van der Waals surface area contributed by atoms with Crippen molar-refractivity contribution in [2.24, 2.45) is 5.92 Å². The van der Waals surface area contributed by atoms with Crippen molar-refractivity contribution in [2.45, 2.75) is 39.0 Å². The zero-order chi connectivity index (χ0) is 9.68. The molecule has 2 heteroatoms. The van der Waals surface area contributed by atoms with Gasteiger partial charge in [0.1, 0.15) is 0 Å². The Balaban J connectivity index is 2.47. The van der Waals surface area contributed by atoms with Gasteiger partial charge in [-0.3, -0.25) is 4.79 Å². The molecule has 1 rings (SSSR count). The number of ether oxygens (including phenoxy) is 1. The molecule has 0 N–H and O–H groups in total. The Morgan fingerprint density at radius 1 is 1.38 bits per heavy atom. The standard InChI is InChI=1S/C11H18O2/c1-9(11(12)13-2)8-10-6-4-3-5-7-10/h8-9H,3-7H2,1-2H3. The predicted octanol–water partition coefficient (Wildman–Crippen LogP) is 2.69. The van der Waals surface area contributed by atoms with Crippen LogP contribution in [0.2, 0.25) is 0 Å². The molecule has 0 aliphatic heterocycles. The van der Waals surface area contributed by atoms with Crippen LogP contribution in [0.4, 0.5) is 0 Å². The van der Waals surface area contributed by atoms with E-state index in [1.54, 1.807) is 0 Å². The summed E-state index contributed by atoms with van der Waals surface area (Å²) in [5, 5.41) is 0. The highest BCUT2D eigenvalue weighted by molar-refractivity contribution is 5.73. The number of allylic oxidation sites excluding steroid dienone is 1. The first-order valence-corrected chi connectivity index (χ1v) is 5.01. The highest BCUT2D eigenvalue weighted by Crippen LogP contribution is 2.24. The summed E-state index contributed by atoms with van der Waals surface area (Å²) in [4.78, 5) is 11.1. The predicted molar refractivity (Wildman–Crippen MR) is 52.3 cm³/mol. The number of methoxy groups -OCH3 is 1. The molecule has 1 aliphatic rings. The molecule has 1 saturated carbocycles. The molecule has 1 aliphatic carbocycles. The Labute approximate surface area is 80.0 Å². The molecule has 0 amide bonds. The van der Waals surface area contributed by atoms with Crippen molar-refractivity contribution in [3.63, 3.8) is 0 Å². The Bertz CT molecular complexity index is 198. The maximum absolute atomic E-state index is 11.1. The summed E-state index contributed by atoms with van der Waals surface area (Å²) in [5.41, 5.74) is 1.43. The minimum absolute atomic E-state index is 0.0712. The van der Waals surface area contributed by atoms with Gasteiger partial charge in [0, 0.05) is 0 Å². The smallest absolute Gasteiger partial charge is 0.312 e. The van der Waals surface area contributed by atoms with E-state index >= 15 is 0 Å². The number of hydrogen-bond acceptors (Lipinski definition) is 2. The fraction of sp³-hybridized carbons (Fsp3) is 0.727. The van der Waals surface area contributed by atoms with Gasteiger partial charge < -0.3 is 4.74 Å². The lowest BCUT2D eigenvalue weighted by molar-refractivity contribution is -0.143. The van der Waals surface area contributed by atoms with Crippen LogP contribution < -0.4 is 0 Å². The lowest BCUT2D eigenvalue weighted by Gasteiger charge is -2.15. The summed E-state index contributed by atoms with van der Waals surface area (Å²) >= 11 is 0. The average molecular weight is 182 g/mol. The van der Waals surface area contributed by atoms with E-state index in [1.807, 2.05) is 6.92 Å². The zero-order valence-corrected chi connectivity index (χ0v) is 8.51. The van der Waals surface area contributed by atoms with Crippen LogP contribution in [-0.4, -0.2) is 13.1 Å². The quantitative estimate of drug-likeness (QED) is 0.485. The fourth-order valence-electron chi connectivity index (χ4n) is 1.78. The van der Waals surface area contributed by atoms with E-state index in [1.165, 1.54) is 44.8 Å². The van der Waals surface area contributed by atoms with Crippen molar-refractivity contribution in [1.82, 2.24) is 0 Å². The van der Waals surface area contributed by atoms with Gasteiger partial charge in [0.25, 0.3) is 0 Å². The second kappa shape index (κ2) is 5.05. The van der Waals surface area contributed by atoms with Crippen LogP contribution in [-0.2, 0) is 9.53 Å². The third-order valence-electron chi connectivity index (χ3n) is 2.55. The molecule has 0 heterocycles. The van der Waals surface area contributed by atoms with E-state index in [2.05, 4.69) is 10.8 Å². The highest BCUT2D eigenvalue weighted by atomic mass is 16.5. The van der Waals surface area contributed by atoms with Gasteiger partial charge in [0.2, 0.25) is 0 Å². The van der Waals surface area contributed by atoms with Crippen molar-refractivity contribution < 1.29 is 9.53 Å². The Morgan fingerprint density at radius 2 is 2.00 bits per heavy atom. The first-order valence-electron chi connectivity index (χ1n) is 5.01. The molecule has 1 unspecified atom stereocenters. The lowest BCUT2D eigenvalue weighted by Crippen LogP contribution is -2.11. The van der Waals surface area contributed by atoms with Crippen LogP contribution in [0.3, 0.4) is 0 Å². The number of hydrogen-bond donors (Lipinski definition) is 0. The topological polar surface area (TPSA) is 26.3 Å². The van der Waals surface area contributed by atoms with Crippen LogP contribution >= 0.6 is 0 Å². The van der Waals surface area contributed by atoms with Crippen LogP contribution in [0.15, 0.2) is 11.6 Å². The molecule has 74 valence electrons. The second-order valence-electron chi connectivity index (χ2n) is 3.70. The van der Waals surface area contributed by atoms with Gasteiger partial charge in [-0.2, -0.15) is 0 Å². The van der Waals surface area contributed by atoms with Crippen molar-refractivity contribution in [3.8, 4) is 0 Å². The van der Waals surface area contributed by atoms with Gasteiger partial charge in [-0.25, -0.2) is 0 Å². The molecule has 1 fully saturated rings. The average Bonchev–Trinajstić information content (AvgIpc) is 2.18. The molecular weight excluding hydrogens is 164 g/mol. The summed E-state index contributed by atoms with van der Waals surface area (Å²) in [5.74, 6) is -0.198. The largest absolute Gasteiger partial charge is 0.469 e. The molecule has 0 saturated heterocycles. The van der Waals surface area contributed by atoms with Crippen LogP contribution in [0.1, 0.15) is 39.0 Å². The molecule has 0 spiro atoms. The fourth-order valence-corrected chi connectivity index (χ4v) is 1.78. The van der Waals surface area contributed by atoms with E-state index in [0.717, 1.165) is 0 Å². The van der Waals surface area contributed by atoms with E-state index in [9.17, 15) is 4.79 Å². The normalized spacial score (nSPS) is 19.4. The van der Waals surface area contributed by atoms with E-state index in [-0.39, 0.29) is 11.9 Å². The molecule has 1 atom stereocenters. The number of carbonyl (C=O) groups excluding carboxylic acids is 1. The zero-order valence-electron chi connectivity index (χ0n) is 8.51. The van der Waals surface area contributed by atoms with E-state index < -0.39 is 0 Å². The van der Waals surface area contributed by atoms with Crippen molar-refractivity contribution >= 4 is 5.97 Å². The monoisotopic (exact) mass is 182 g/mol. The minimum atomic E-state index is -0.127. The van der Waals surface area contributed by atoms with E-state index in [0.29, 0.717) is 0 Å². The lowest BCUT2D eigenvalue weighted by atomic mass is 9.92. The van der Waals surface area contributed by atoms with Gasteiger partial charge >= 0.3 is 5.97 Å². The summed E-state index contributed by atoms with van der Waals surface area (Å²) < 4.78 is 4.67. The number of rotatable bonds is 2. The maximum atomic E-state index is 11.1. The van der Waals surface area contributed by atoms with E-state index in [4.69, 9.17) is 0 Å². The first kappa shape index (κ1) is 10.3. The Kier molecular flexibility index (Phi) is 4.00. The summed E-state index contributed by atoms with van der Waals surface area (Å²) in [6.07, 6.45) is 8.30. The van der Waals surface area contributed by atoms with Gasteiger partial charge in [-0.05, 0) is 32.6 Å². The summed E-state index contributed by atoms with van der Waals surface area (Å²) in [6, 6.07) is 0.